The second-order valence-electron chi connectivity index (χ2n) is 7.13. The van der Waals surface area contributed by atoms with Crippen molar-refractivity contribution in [3.63, 3.8) is 0 Å². The number of carbonyl (C=O) groups is 1. The molecule has 0 aliphatic carbocycles. The molecule has 0 amide bonds. The number of sulfonamides is 1. The van der Waals surface area contributed by atoms with Crippen LogP contribution in [0.1, 0.15) is 43.0 Å². The number of rotatable bonds is 6. The summed E-state index contributed by atoms with van der Waals surface area (Å²) in [5.74, 6) is 0.418. The lowest BCUT2D eigenvalue weighted by molar-refractivity contribution is 0.0299. The van der Waals surface area contributed by atoms with Gasteiger partial charge in [0.25, 0.3) is 0 Å². The smallest absolute Gasteiger partial charge is 0.339 e. The molecule has 0 bridgehead atoms. The van der Waals surface area contributed by atoms with Crippen LogP contribution < -0.4 is 4.90 Å². The average Bonchev–Trinajstić information content (AvgIpc) is 2.96. The highest BCUT2D eigenvalue weighted by Gasteiger charge is 2.29. The molecule has 8 nitrogen and oxygen atoms in total. The molecule has 2 aliphatic heterocycles. The molecule has 0 spiro atoms. The van der Waals surface area contributed by atoms with Crippen molar-refractivity contribution >= 4 is 21.8 Å². The fraction of sp³-hybridized carbons (Fsp3) is 0.684. The van der Waals surface area contributed by atoms with E-state index in [-0.39, 0.29) is 17.8 Å². The lowest BCUT2D eigenvalue weighted by atomic mass is 10.1. The van der Waals surface area contributed by atoms with Crippen LogP contribution in [0.15, 0.2) is 18.3 Å². The van der Waals surface area contributed by atoms with Gasteiger partial charge in [-0.25, -0.2) is 22.5 Å². The van der Waals surface area contributed by atoms with Crippen molar-refractivity contribution in [2.45, 2.75) is 38.7 Å². The summed E-state index contributed by atoms with van der Waals surface area (Å²) in [5, 5.41) is 0. The molecule has 0 aromatic carbocycles. The number of nitrogens with zero attached hydrogens (tertiary/aromatic N) is 3. The van der Waals surface area contributed by atoms with Crippen LogP contribution in [-0.4, -0.2) is 74.9 Å². The SMILES string of the molecule is CCOC(=O)c1ccc(N2CCCN(S(=O)(=O)CC3CCCCO3)CC2)nc1. The Morgan fingerprint density at radius 1 is 1.21 bits per heavy atom. The zero-order valence-corrected chi connectivity index (χ0v) is 17.2. The third-order valence-electron chi connectivity index (χ3n) is 5.10. The maximum Gasteiger partial charge on any atom is 0.339 e. The van der Waals surface area contributed by atoms with Crippen molar-refractivity contribution in [1.29, 1.82) is 0 Å². The van der Waals surface area contributed by atoms with Gasteiger partial charge < -0.3 is 14.4 Å². The molecule has 1 aromatic rings. The molecule has 9 heteroatoms. The highest BCUT2D eigenvalue weighted by Crippen LogP contribution is 2.19. The molecule has 3 heterocycles. The van der Waals surface area contributed by atoms with Crippen molar-refractivity contribution in [3.8, 4) is 0 Å². The van der Waals surface area contributed by atoms with Gasteiger partial charge in [-0.1, -0.05) is 0 Å². The van der Waals surface area contributed by atoms with Crippen LogP contribution in [0.4, 0.5) is 5.82 Å². The number of anilines is 1. The van der Waals surface area contributed by atoms with Gasteiger partial charge in [0.05, 0.1) is 24.0 Å². The lowest BCUT2D eigenvalue weighted by Crippen LogP contribution is -2.40. The maximum absolute atomic E-state index is 12.8. The second kappa shape index (κ2) is 9.67. The number of ether oxygens (including phenoxy) is 2. The van der Waals surface area contributed by atoms with E-state index in [9.17, 15) is 13.2 Å². The summed E-state index contributed by atoms with van der Waals surface area (Å²) in [7, 11) is -3.34. The van der Waals surface area contributed by atoms with Crippen molar-refractivity contribution in [3.05, 3.63) is 23.9 Å². The Morgan fingerprint density at radius 3 is 2.75 bits per heavy atom. The van der Waals surface area contributed by atoms with Crippen LogP contribution in [0.5, 0.6) is 0 Å². The first kappa shape index (κ1) is 21.0. The minimum atomic E-state index is -3.34. The van der Waals surface area contributed by atoms with Crippen molar-refractivity contribution < 1.29 is 22.7 Å². The van der Waals surface area contributed by atoms with Gasteiger partial charge in [-0.15, -0.1) is 0 Å². The van der Waals surface area contributed by atoms with E-state index in [2.05, 4.69) is 9.88 Å². The number of aromatic nitrogens is 1. The molecule has 28 heavy (non-hydrogen) atoms. The monoisotopic (exact) mass is 411 g/mol. The third-order valence-corrected chi connectivity index (χ3v) is 7.05. The highest BCUT2D eigenvalue weighted by atomic mass is 32.2. The minimum absolute atomic E-state index is 0.0689. The Labute approximate surface area is 166 Å². The average molecular weight is 412 g/mol. The van der Waals surface area contributed by atoms with Gasteiger partial charge in [-0.2, -0.15) is 0 Å². The van der Waals surface area contributed by atoms with E-state index in [1.807, 2.05) is 0 Å². The molecule has 2 aliphatic rings. The zero-order valence-electron chi connectivity index (χ0n) is 16.4. The molecule has 0 saturated carbocycles. The molecule has 3 rings (SSSR count). The first-order valence-corrected chi connectivity index (χ1v) is 11.6. The van der Waals surface area contributed by atoms with Gasteiger partial charge >= 0.3 is 5.97 Å². The predicted octanol–water partition coefficient (Wildman–Crippen LogP) is 1.67. The largest absolute Gasteiger partial charge is 0.462 e. The Morgan fingerprint density at radius 2 is 2.07 bits per heavy atom. The van der Waals surface area contributed by atoms with Crippen LogP contribution >= 0.6 is 0 Å². The van der Waals surface area contributed by atoms with Gasteiger partial charge in [0.1, 0.15) is 5.82 Å². The van der Waals surface area contributed by atoms with Crippen LogP contribution in [0.25, 0.3) is 0 Å². The molecule has 0 radical (unpaired) electrons. The van der Waals surface area contributed by atoms with E-state index in [1.54, 1.807) is 23.4 Å². The van der Waals surface area contributed by atoms with Crippen molar-refractivity contribution in [2.75, 3.05) is 50.0 Å². The van der Waals surface area contributed by atoms with E-state index in [0.717, 1.165) is 38.0 Å². The molecule has 156 valence electrons. The summed E-state index contributed by atoms with van der Waals surface area (Å²) in [6.45, 7) is 4.96. The summed E-state index contributed by atoms with van der Waals surface area (Å²) < 4.78 is 37.7. The number of carbonyl (C=O) groups excluding carboxylic acids is 1. The van der Waals surface area contributed by atoms with Gasteiger partial charge in [-0.3, -0.25) is 0 Å². The Kier molecular flexibility index (Phi) is 7.25. The molecule has 1 unspecified atom stereocenters. The van der Waals surface area contributed by atoms with Crippen LogP contribution in [0.2, 0.25) is 0 Å². The standard InChI is InChI=1S/C19H29N3O5S/c1-2-26-19(23)16-7-8-18(20-14-16)21-9-5-10-22(12-11-21)28(24,25)15-17-6-3-4-13-27-17/h7-8,14,17H,2-6,9-13,15H2,1H3. The fourth-order valence-corrected chi connectivity index (χ4v) is 5.30. The molecular formula is C19H29N3O5S. The van der Waals surface area contributed by atoms with Crippen molar-refractivity contribution in [1.82, 2.24) is 9.29 Å². The summed E-state index contributed by atoms with van der Waals surface area (Å²) in [6.07, 6.45) is 4.91. The quantitative estimate of drug-likeness (QED) is 0.658. The fourth-order valence-electron chi connectivity index (χ4n) is 3.59. The van der Waals surface area contributed by atoms with Gasteiger partial charge in [-0.05, 0) is 44.7 Å². The lowest BCUT2D eigenvalue weighted by Gasteiger charge is -2.26. The Bertz CT molecular complexity index is 747. The first-order valence-electron chi connectivity index (χ1n) is 9.97. The molecule has 1 aromatic heterocycles. The van der Waals surface area contributed by atoms with E-state index in [0.29, 0.717) is 38.4 Å². The van der Waals surface area contributed by atoms with Crippen LogP contribution in [0, 0.1) is 0 Å². The van der Waals surface area contributed by atoms with Crippen molar-refractivity contribution in [2.24, 2.45) is 0 Å². The summed E-state index contributed by atoms with van der Waals surface area (Å²) in [5.41, 5.74) is 0.414. The zero-order chi connectivity index (χ0) is 20.0. The molecular weight excluding hydrogens is 382 g/mol. The summed E-state index contributed by atoms with van der Waals surface area (Å²) in [6, 6.07) is 3.48. The van der Waals surface area contributed by atoms with Gasteiger partial charge in [0.15, 0.2) is 0 Å². The summed E-state index contributed by atoms with van der Waals surface area (Å²) >= 11 is 0. The highest BCUT2D eigenvalue weighted by molar-refractivity contribution is 7.89. The number of esters is 1. The van der Waals surface area contributed by atoms with Crippen LogP contribution in [-0.2, 0) is 19.5 Å². The van der Waals surface area contributed by atoms with E-state index in [4.69, 9.17) is 9.47 Å². The topological polar surface area (TPSA) is 89.0 Å². The Hall–Kier alpha value is -1.71. The van der Waals surface area contributed by atoms with Gasteiger partial charge in [0, 0.05) is 39.0 Å². The molecule has 2 saturated heterocycles. The molecule has 1 atom stereocenters. The van der Waals surface area contributed by atoms with E-state index >= 15 is 0 Å². The Balaban J connectivity index is 1.59. The third kappa shape index (κ3) is 5.42. The normalized spacial score (nSPS) is 21.9. The van der Waals surface area contributed by atoms with E-state index in [1.165, 1.54) is 6.20 Å². The predicted molar refractivity (Wildman–Crippen MR) is 106 cm³/mol. The number of hydrogen-bond acceptors (Lipinski definition) is 7. The molecule has 2 fully saturated rings. The molecule has 0 N–H and O–H groups in total. The van der Waals surface area contributed by atoms with Gasteiger partial charge in [0.2, 0.25) is 10.0 Å². The van der Waals surface area contributed by atoms with E-state index < -0.39 is 10.0 Å². The summed E-state index contributed by atoms with van der Waals surface area (Å²) in [4.78, 5) is 18.2. The minimum Gasteiger partial charge on any atom is -0.462 e. The van der Waals surface area contributed by atoms with Crippen LogP contribution in [0.3, 0.4) is 0 Å². The first-order chi connectivity index (χ1) is 13.5. The second-order valence-corrected chi connectivity index (χ2v) is 9.15. The number of hydrogen-bond donors (Lipinski definition) is 0. The maximum atomic E-state index is 12.8. The number of pyridine rings is 1.